The first-order chi connectivity index (χ1) is 32.5. The minimum Gasteiger partial charge on any atom is -0.462 e. The quantitative estimate of drug-likeness (QED) is 0.0262. The molecule has 0 aromatic rings. The lowest BCUT2D eigenvalue weighted by molar-refractivity contribution is -0.167. The first kappa shape index (κ1) is 63.4. The van der Waals surface area contributed by atoms with Crippen molar-refractivity contribution in [3.8, 4) is 0 Å². The van der Waals surface area contributed by atoms with E-state index in [4.69, 9.17) is 14.2 Å². The summed E-state index contributed by atoms with van der Waals surface area (Å²) in [7, 11) is 0. The second kappa shape index (κ2) is 55.0. The second-order valence-electron chi connectivity index (χ2n) is 19.2. The lowest BCUT2D eigenvalue weighted by Gasteiger charge is -2.18. The molecule has 0 spiro atoms. The molecule has 6 heteroatoms. The Balaban J connectivity index is 4.38. The fourth-order valence-corrected chi connectivity index (χ4v) is 8.21. The van der Waals surface area contributed by atoms with Crippen molar-refractivity contribution in [1.82, 2.24) is 0 Å². The zero-order valence-electron chi connectivity index (χ0n) is 44.0. The van der Waals surface area contributed by atoms with Gasteiger partial charge in [-0.15, -0.1) is 0 Å². The first-order valence-electron chi connectivity index (χ1n) is 28.6. The van der Waals surface area contributed by atoms with Crippen molar-refractivity contribution in [1.29, 1.82) is 0 Å². The highest BCUT2D eigenvalue weighted by Gasteiger charge is 2.19. The Labute approximate surface area is 409 Å². The summed E-state index contributed by atoms with van der Waals surface area (Å²) in [6, 6.07) is 0. The van der Waals surface area contributed by atoms with Crippen LogP contribution in [0, 0.1) is 0 Å². The number of hydrogen-bond acceptors (Lipinski definition) is 6. The number of carbonyl (C=O) groups excluding carboxylic acids is 3. The van der Waals surface area contributed by atoms with Crippen LogP contribution in [0.15, 0.2) is 48.6 Å². The van der Waals surface area contributed by atoms with Gasteiger partial charge in [-0.3, -0.25) is 14.4 Å². The molecule has 0 N–H and O–H groups in total. The zero-order valence-corrected chi connectivity index (χ0v) is 44.0. The van der Waals surface area contributed by atoms with E-state index in [-0.39, 0.29) is 31.1 Å². The maximum atomic E-state index is 12.8. The van der Waals surface area contributed by atoms with E-state index < -0.39 is 6.10 Å². The smallest absolute Gasteiger partial charge is 0.306 e. The molecule has 0 rings (SSSR count). The van der Waals surface area contributed by atoms with Crippen LogP contribution in [0.3, 0.4) is 0 Å². The van der Waals surface area contributed by atoms with E-state index in [0.29, 0.717) is 19.3 Å². The van der Waals surface area contributed by atoms with Gasteiger partial charge in [0.05, 0.1) is 0 Å². The Morgan fingerprint density at radius 2 is 0.545 bits per heavy atom. The Morgan fingerprint density at radius 3 is 0.894 bits per heavy atom. The fourth-order valence-electron chi connectivity index (χ4n) is 8.21. The summed E-state index contributed by atoms with van der Waals surface area (Å²) >= 11 is 0. The predicted octanol–water partition coefficient (Wildman–Crippen LogP) is 19.0. The number of esters is 3. The van der Waals surface area contributed by atoms with Crippen LogP contribution in [0.5, 0.6) is 0 Å². The molecule has 1 atom stereocenters. The minimum absolute atomic E-state index is 0.0790. The van der Waals surface area contributed by atoms with Crippen molar-refractivity contribution in [3.05, 3.63) is 48.6 Å². The molecule has 0 radical (unpaired) electrons. The van der Waals surface area contributed by atoms with Gasteiger partial charge in [-0.2, -0.15) is 0 Å². The first-order valence-corrected chi connectivity index (χ1v) is 28.6. The van der Waals surface area contributed by atoms with Crippen LogP contribution < -0.4 is 0 Å². The summed E-state index contributed by atoms with van der Waals surface area (Å²) in [6.45, 7) is 6.62. The van der Waals surface area contributed by atoms with E-state index in [0.717, 1.165) is 83.5 Å². The van der Waals surface area contributed by atoms with Crippen molar-refractivity contribution in [3.63, 3.8) is 0 Å². The SMILES string of the molecule is CCCCC/C=C\C/C=C\C/C=C\CCCCCCCCC(=O)OC[C@@H](COC(=O)CCCCCCC/C=C\CCCCCCC)OC(=O)CCCCCCCCCCCCCCCCC. The van der Waals surface area contributed by atoms with Gasteiger partial charge in [-0.05, 0) is 83.5 Å². The van der Waals surface area contributed by atoms with Gasteiger partial charge in [-0.25, -0.2) is 0 Å². The van der Waals surface area contributed by atoms with Gasteiger partial charge >= 0.3 is 17.9 Å². The van der Waals surface area contributed by atoms with Crippen molar-refractivity contribution < 1.29 is 28.6 Å². The lowest BCUT2D eigenvalue weighted by Crippen LogP contribution is -2.30. The highest BCUT2D eigenvalue weighted by Crippen LogP contribution is 2.16. The average Bonchev–Trinajstić information content (AvgIpc) is 3.31. The average molecular weight is 926 g/mol. The van der Waals surface area contributed by atoms with Gasteiger partial charge in [-0.1, -0.05) is 243 Å². The second-order valence-corrected chi connectivity index (χ2v) is 19.2. The van der Waals surface area contributed by atoms with Crippen LogP contribution in [-0.4, -0.2) is 37.2 Å². The van der Waals surface area contributed by atoms with Crippen LogP contribution in [-0.2, 0) is 28.6 Å². The van der Waals surface area contributed by atoms with Crippen LogP contribution in [0.1, 0.15) is 297 Å². The van der Waals surface area contributed by atoms with Gasteiger partial charge in [0.1, 0.15) is 13.2 Å². The predicted molar refractivity (Wildman–Crippen MR) is 284 cm³/mol. The number of allylic oxidation sites excluding steroid dienone is 8. The highest BCUT2D eigenvalue weighted by atomic mass is 16.6. The summed E-state index contributed by atoms with van der Waals surface area (Å²) in [6.07, 6.45) is 66.6. The summed E-state index contributed by atoms with van der Waals surface area (Å²) in [5, 5.41) is 0. The number of rotatable bonds is 52. The molecule has 0 saturated heterocycles. The Morgan fingerprint density at radius 1 is 0.303 bits per heavy atom. The Hall–Kier alpha value is -2.63. The van der Waals surface area contributed by atoms with Gasteiger partial charge in [0.15, 0.2) is 6.10 Å². The van der Waals surface area contributed by atoms with E-state index >= 15 is 0 Å². The maximum Gasteiger partial charge on any atom is 0.306 e. The molecule has 0 saturated carbocycles. The fraction of sp³-hybridized carbons (Fsp3) is 0.817. The monoisotopic (exact) mass is 925 g/mol. The van der Waals surface area contributed by atoms with Gasteiger partial charge in [0, 0.05) is 19.3 Å². The lowest BCUT2D eigenvalue weighted by atomic mass is 10.0. The molecule has 0 unspecified atom stereocenters. The highest BCUT2D eigenvalue weighted by molar-refractivity contribution is 5.71. The van der Waals surface area contributed by atoms with Gasteiger partial charge in [0.25, 0.3) is 0 Å². The van der Waals surface area contributed by atoms with Crippen LogP contribution >= 0.6 is 0 Å². The standard InChI is InChI=1S/C60H108O6/c1-4-7-10-13-16-19-22-25-28-29-30-31-33-35-38-41-44-47-50-53-59(62)65-56-57(55-64-58(61)52-49-46-43-40-37-34-27-24-21-18-15-12-9-6-3)66-60(63)54-51-48-45-42-39-36-32-26-23-20-17-14-11-8-5-2/h16,19,24-25,27-28,30-31,57H,4-15,17-18,20-23,26,29,32-56H2,1-3H3/b19-16-,27-24-,28-25-,31-30-/t57-/m1/s1. The van der Waals surface area contributed by atoms with Crippen molar-refractivity contribution in [2.24, 2.45) is 0 Å². The molecule has 0 amide bonds. The number of unbranched alkanes of at least 4 members (excludes halogenated alkanes) is 33. The molecule has 0 aliphatic heterocycles. The van der Waals surface area contributed by atoms with Gasteiger partial charge < -0.3 is 14.2 Å². The molecular formula is C60H108O6. The third-order valence-corrected chi connectivity index (χ3v) is 12.6. The van der Waals surface area contributed by atoms with E-state index in [1.165, 1.54) is 173 Å². The van der Waals surface area contributed by atoms with Crippen molar-refractivity contribution in [2.75, 3.05) is 13.2 Å². The Kier molecular flexibility index (Phi) is 52.8. The minimum atomic E-state index is -0.779. The number of ether oxygens (including phenoxy) is 3. The maximum absolute atomic E-state index is 12.8. The molecular weight excluding hydrogens is 817 g/mol. The zero-order chi connectivity index (χ0) is 47.9. The Bertz CT molecular complexity index is 1150. The third-order valence-electron chi connectivity index (χ3n) is 12.6. The topological polar surface area (TPSA) is 78.9 Å². The summed E-state index contributed by atoms with van der Waals surface area (Å²) in [5.41, 5.74) is 0. The van der Waals surface area contributed by atoms with Crippen LogP contribution in [0.2, 0.25) is 0 Å². The largest absolute Gasteiger partial charge is 0.462 e. The molecule has 0 aromatic carbocycles. The molecule has 384 valence electrons. The van der Waals surface area contributed by atoms with E-state index in [1.54, 1.807) is 0 Å². The molecule has 0 heterocycles. The molecule has 0 aromatic heterocycles. The normalized spacial score (nSPS) is 12.3. The number of hydrogen-bond donors (Lipinski definition) is 0. The van der Waals surface area contributed by atoms with Crippen LogP contribution in [0.4, 0.5) is 0 Å². The summed E-state index contributed by atoms with van der Waals surface area (Å²) in [4.78, 5) is 38.1. The van der Waals surface area contributed by atoms with Crippen LogP contribution in [0.25, 0.3) is 0 Å². The summed E-state index contributed by atoms with van der Waals surface area (Å²) < 4.78 is 16.9. The van der Waals surface area contributed by atoms with E-state index in [1.807, 2.05) is 0 Å². The molecule has 0 bridgehead atoms. The van der Waals surface area contributed by atoms with Crippen molar-refractivity contribution >= 4 is 17.9 Å². The summed E-state index contributed by atoms with van der Waals surface area (Å²) in [5.74, 6) is -0.885. The van der Waals surface area contributed by atoms with E-state index in [9.17, 15) is 14.4 Å². The molecule has 0 aliphatic rings. The molecule has 0 aliphatic carbocycles. The molecule has 66 heavy (non-hydrogen) atoms. The van der Waals surface area contributed by atoms with Gasteiger partial charge in [0.2, 0.25) is 0 Å². The molecule has 6 nitrogen and oxygen atoms in total. The van der Waals surface area contributed by atoms with E-state index in [2.05, 4.69) is 69.4 Å². The third kappa shape index (κ3) is 52.3. The molecule has 0 fully saturated rings. The number of carbonyl (C=O) groups is 3. The van der Waals surface area contributed by atoms with Crippen molar-refractivity contribution in [2.45, 2.75) is 303 Å².